The molecule has 19 rings (SSSR count). The third-order valence-corrected chi connectivity index (χ3v) is 22.6. The van der Waals surface area contributed by atoms with E-state index in [9.17, 15) is 0 Å². The van der Waals surface area contributed by atoms with Gasteiger partial charge in [-0.2, -0.15) is 0 Å². The monoisotopic (exact) mass is 1240 g/mol. The Balaban J connectivity index is 0.883. The van der Waals surface area contributed by atoms with Crippen molar-refractivity contribution in [1.82, 2.24) is 0 Å². The van der Waals surface area contributed by atoms with E-state index in [1.807, 2.05) is 0 Å². The molecular formula is C87H72B3N3O3. The van der Waals surface area contributed by atoms with E-state index < -0.39 is 0 Å². The number of rotatable bonds is 4. The maximum atomic E-state index is 7.72. The summed E-state index contributed by atoms with van der Waals surface area (Å²) in [5.41, 5.74) is 44.2. The van der Waals surface area contributed by atoms with E-state index in [0.29, 0.717) is 0 Å². The van der Waals surface area contributed by atoms with E-state index in [1.54, 1.807) is 0 Å². The molecule has 6 nitrogen and oxygen atoms in total. The van der Waals surface area contributed by atoms with Crippen LogP contribution in [-0.4, -0.2) is 20.1 Å². The van der Waals surface area contributed by atoms with Gasteiger partial charge in [-0.3, -0.25) is 0 Å². The van der Waals surface area contributed by atoms with Crippen LogP contribution < -0.4 is 78.5 Å². The summed E-state index contributed by atoms with van der Waals surface area (Å²) >= 11 is 0. The largest absolute Gasteiger partial charge is 0.458 e. The van der Waals surface area contributed by atoms with Crippen molar-refractivity contribution < 1.29 is 14.2 Å². The SMILES string of the molecule is Cc1cc(C)c(-c2cc3c4c(c2)Oc2cc5c(cc2B4c2cc4c(cc2O3)Nc2cc(-c3c(C)cc(C)cc3C)cc3c2B4c2cccc4c2N3c2ccccc2C4(C)C)B2c3ccccc3Oc3cc(-c4c(C)cc(C)cc4C)cc(c32)N5c2c(C)cc(C)cc2C)c(C)c1. The van der Waals surface area contributed by atoms with Gasteiger partial charge in [0.05, 0.1) is 11.4 Å². The third kappa shape index (κ3) is 7.86. The summed E-state index contributed by atoms with van der Waals surface area (Å²) < 4.78 is 22.6. The Bertz CT molecular complexity index is 5510. The number of hydrogen-bond acceptors (Lipinski definition) is 6. The number of nitrogens with zero attached hydrogens (tertiary/aromatic N) is 2. The molecule has 0 atom stereocenters. The molecule has 0 aliphatic carbocycles. The first-order valence-electron chi connectivity index (χ1n) is 34.2. The van der Waals surface area contributed by atoms with Crippen LogP contribution in [0.3, 0.4) is 0 Å². The zero-order valence-electron chi connectivity index (χ0n) is 57.1. The maximum absolute atomic E-state index is 7.72. The summed E-state index contributed by atoms with van der Waals surface area (Å²) in [4.78, 5) is 5.17. The van der Waals surface area contributed by atoms with Crippen LogP contribution in [0.1, 0.15) is 91.7 Å². The molecule has 0 aromatic heterocycles. The lowest BCUT2D eigenvalue weighted by Gasteiger charge is -2.48. The predicted octanol–water partition coefficient (Wildman–Crippen LogP) is 16.5. The highest BCUT2D eigenvalue weighted by Gasteiger charge is 2.51. The molecule has 0 saturated carbocycles. The number of ether oxygens (including phenoxy) is 3. The van der Waals surface area contributed by atoms with E-state index in [2.05, 4.69) is 288 Å². The van der Waals surface area contributed by atoms with Crippen LogP contribution in [0.2, 0.25) is 0 Å². The van der Waals surface area contributed by atoms with Crippen molar-refractivity contribution in [2.24, 2.45) is 0 Å². The van der Waals surface area contributed by atoms with Crippen molar-refractivity contribution >= 4 is 115 Å². The van der Waals surface area contributed by atoms with Gasteiger partial charge < -0.3 is 29.3 Å². The van der Waals surface area contributed by atoms with Crippen LogP contribution in [0.25, 0.3) is 33.4 Å². The van der Waals surface area contributed by atoms with Crippen LogP contribution in [0, 0.1) is 83.1 Å². The molecule has 0 spiro atoms. The van der Waals surface area contributed by atoms with Gasteiger partial charge in [0.25, 0.3) is 20.1 Å². The van der Waals surface area contributed by atoms with Crippen LogP contribution >= 0.6 is 0 Å². The lowest BCUT2D eigenvalue weighted by Crippen LogP contribution is -2.64. The first-order valence-corrected chi connectivity index (χ1v) is 34.2. The van der Waals surface area contributed by atoms with Crippen molar-refractivity contribution in [2.45, 2.75) is 102 Å². The molecule has 7 aliphatic heterocycles. The van der Waals surface area contributed by atoms with Gasteiger partial charge in [-0.15, -0.1) is 0 Å². The summed E-state index contributed by atoms with van der Waals surface area (Å²) in [6.07, 6.45) is 0. The summed E-state index contributed by atoms with van der Waals surface area (Å²) in [7, 11) is 0. The van der Waals surface area contributed by atoms with Crippen LogP contribution in [0.4, 0.5) is 45.5 Å². The fraction of sp³-hybridized carbons (Fsp3) is 0.172. The summed E-state index contributed by atoms with van der Waals surface area (Å²) in [5, 5.41) is 4.19. The topological polar surface area (TPSA) is 46.2 Å². The van der Waals surface area contributed by atoms with E-state index in [-0.39, 0.29) is 25.6 Å². The molecule has 1 N–H and O–H groups in total. The smallest absolute Gasteiger partial charge is 0.260 e. The van der Waals surface area contributed by atoms with Gasteiger partial charge in [-0.1, -0.05) is 151 Å². The molecule has 0 bridgehead atoms. The lowest BCUT2D eigenvalue weighted by atomic mass is 9.29. The quantitative estimate of drug-likeness (QED) is 0.177. The number of fused-ring (bicyclic) bond motifs is 14. The number of anilines is 8. The molecule has 12 aromatic carbocycles. The minimum atomic E-state index is -0.277. The van der Waals surface area contributed by atoms with Gasteiger partial charge in [0, 0.05) is 57.1 Å². The molecule has 9 heteroatoms. The molecule has 96 heavy (non-hydrogen) atoms. The highest BCUT2D eigenvalue weighted by atomic mass is 16.5. The van der Waals surface area contributed by atoms with Gasteiger partial charge in [0.1, 0.15) is 34.5 Å². The zero-order valence-corrected chi connectivity index (χ0v) is 57.1. The average molecular weight is 1240 g/mol. The lowest BCUT2D eigenvalue weighted by molar-refractivity contribution is 0.465. The van der Waals surface area contributed by atoms with Crippen molar-refractivity contribution in [1.29, 1.82) is 0 Å². The van der Waals surface area contributed by atoms with E-state index in [1.165, 1.54) is 145 Å². The van der Waals surface area contributed by atoms with Crippen molar-refractivity contribution in [3.63, 3.8) is 0 Å². The second-order valence-corrected chi connectivity index (χ2v) is 29.6. The van der Waals surface area contributed by atoms with Gasteiger partial charge in [-0.05, 0) is 264 Å². The standard InChI is InChI=1S/C87H72B3N3O3/c1-44-26-48(5)79(49(6)27-44)56-34-68-82-71(35-56)92-69-24-17-15-20-59(69)87(13,14)60-21-19-23-62(86(60)92)89(82)63-40-65-74(42-67(63)91-68)95-77-38-58(81-52(9)30-46(3)31-53(81)10)39-78-84(77)90(65)66-41-64-70(43-75(66)96-78)93(85-54(11)32-47(4)33-55(85)12)72-36-57(80-50(7)28-45(2)29-51(80)8)37-76-83(72)88(64)61-22-16-18-25-73(61)94-76/h15-43,91H,1-14H3. The Hall–Kier alpha value is -10.4. The number of nitrogens with one attached hydrogen (secondary N) is 1. The number of para-hydroxylation sites is 3. The second kappa shape index (κ2) is 19.9. The summed E-state index contributed by atoms with van der Waals surface area (Å²) in [5.74, 6) is 5.05. The molecule has 7 aliphatic rings. The summed E-state index contributed by atoms with van der Waals surface area (Å²) in [6.45, 7) is 31.1. The molecule has 7 heterocycles. The van der Waals surface area contributed by atoms with E-state index >= 15 is 0 Å². The highest BCUT2D eigenvalue weighted by molar-refractivity contribution is 7.03. The summed E-state index contributed by atoms with van der Waals surface area (Å²) in [6, 6.07) is 67.6. The number of benzene rings is 12. The molecule has 462 valence electrons. The first kappa shape index (κ1) is 57.1. The maximum Gasteiger partial charge on any atom is 0.260 e. The minimum Gasteiger partial charge on any atom is -0.458 e. The van der Waals surface area contributed by atoms with Gasteiger partial charge in [-0.25, -0.2) is 0 Å². The van der Waals surface area contributed by atoms with E-state index in [4.69, 9.17) is 14.2 Å². The fourth-order valence-corrected chi connectivity index (χ4v) is 19.3. The normalized spacial score (nSPS) is 14.5. The van der Waals surface area contributed by atoms with Crippen molar-refractivity contribution in [2.75, 3.05) is 15.1 Å². The molecule has 0 saturated heterocycles. The van der Waals surface area contributed by atoms with Gasteiger partial charge in [0.2, 0.25) is 0 Å². The molecule has 12 aromatic rings. The third-order valence-electron chi connectivity index (χ3n) is 22.6. The van der Waals surface area contributed by atoms with Crippen molar-refractivity contribution in [3.05, 3.63) is 254 Å². The van der Waals surface area contributed by atoms with Crippen LogP contribution in [-0.2, 0) is 5.41 Å². The second-order valence-electron chi connectivity index (χ2n) is 29.6. The van der Waals surface area contributed by atoms with E-state index in [0.717, 1.165) is 95.9 Å². The molecule has 0 amide bonds. The predicted molar refractivity (Wildman–Crippen MR) is 404 cm³/mol. The Morgan fingerprint density at radius 3 is 1.36 bits per heavy atom. The van der Waals surface area contributed by atoms with Gasteiger partial charge >= 0.3 is 0 Å². The Morgan fingerprint density at radius 2 is 0.750 bits per heavy atom. The Morgan fingerprint density at radius 1 is 0.302 bits per heavy atom. The van der Waals surface area contributed by atoms with Crippen LogP contribution in [0.5, 0.6) is 34.5 Å². The fourth-order valence-electron chi connectivity index (χ4n) is 19.3. The highest BCUT2D eigenvalue weighted by Crippen LogP contribution is 2.55. The van der Waals surface area contributed by atoms with Crippen LogP contribution in [0.15, 0.2) is 176 Å². The molecular weight excluding hydrogens is 1170 g/mol. The molecule has 0 radical (unpaired) electrons. The Kier molecular flexibility index (Phi) is 11.8. The number of hydrogen-bond donors (Lipinski definition) is 1. The Labute approximate surface area is 564 Å². The van der Waals surface area contributed by atoms with Gasteiger partial charge in [0.15, 0.2) is 0 Å². The van der Waals surface area contributed by atoms with Crippen molar-refractivity contribution in [3.8, 4) is 67.9 Å². The number of aryl methyl sites for hydroxylation is 12. The average Bonchev–Trinajstić information content (AvgIpc) is 0.712. The zero-order chi connectivity index (χ0) is 65.5. The molecule has 0 unspecified atom stereocenters. The first-order chi connectivity index (χ1) is 46.3. The minimum absolute atomic E-state index is 0.114. The molecule has 0 fully saturated rings.